The maximum Gasteiger partial charge on any atom is 0.242 e. The maximum absolute atomic E-state index is 12.4. The number of aliphatic hydroxyl groups excluding tert-OH is 1. The largest absolute Gasteiger partial charge is 0.395 e. The summed E-state index contributed by atoms with van der Waals surface area (Å²) in [5.41, 5.74) is 0.982. The number of nitrogens with zero attached hydrogens (tertiary/aromatic N) is 1. The Morgan fingerprint density at radius 3 is 2.63 bits per heavy atom. The van der Waals surface area contributed by atoms with Crippen LogP contribution in [0.15, 0.2) is 30.3 Å². The van der Waals surface area contributed by atoms with Crippen LogP contribution in [0.2, 0.25) is 0 Å². The van der Waals surface area contributed by atoms with Gasteiger partial charge in [0, 0.05) is 12.6 Å². The van der Waals surface area contributed by atoms with Gasteiger partial charge in [-0.15, -0.1) is 0 Å². The molecule has 4 nitrogen and oxygen atoms in total. The molecule has 1 fully saturated rings. The molecule has 104 valence electrons. The lowest BCUT2D eigenvalue weighted by atomic mass is 10.0. The fourth-order valence-corrected chi connectivity index (χ4v) is 2.27. The van der Waals surface area contributed by atoms with Gasteiger partial charge in [-0.05, 0) is 24.9 Å². The molecule has 19 heavy (non-hydrogen) atoms. The minimum atomic E-state index is -0.307. The summed E-state index contributed by atoms with van der Waals surface area (Å²) in [4.78, 5) is 14.4. The lowest BCUT2D eigenvalue weighted by Gasteiger charge is -2.29. The molecule has 1 aliphatic carbocycles. The quantitative estimate of drug-likeness (QED) is 0.779. The van der Waals surface area contributed by atoms with E-state index in [4.69, 9.17) is 5.11 Å². The molecule has 2 N–H and O–H groups in total. The molecule has 0 radical (unpaired) electrons. The fraction of sp³-hybridized carbons (Fsp3) is 0.533. The first-order valence-corrected chi connectivity index (χ1v) is 6.96. The van der Waals surface area contributed by atoms with Gasteiger partial charge in [0.2, 0.25) is 5.91 Å². The second-order valence-electron chi connectivity index (χ2n) is 4.95. The van der Waals surface area contributed by atoms with Crippen molar-refractivity contribution in [2.24, 2.45) is 0 Å². The Hall–Kier alpha value is -1.39. The van der Waals surface area contributed by atoms with E-state index in [0.29, 0.717) is 12.6 Å². The minimum absolute atomic E-state index is 0.0454. The van der Waals surface area contributed by atoms with Crippen LogP contribution in [0.3, 0.4) is 0 Å². The Kier molecular flexibility index (Phi) is 4.93. The number of carbonyl (C=O) groups excluding carboxylic acids is 1. The van der Waals surface area contributed by atoms with Crippen molar-refractivity contribution >= 4 is 5.91 Å². The van der Waals surface area contributed by atoms with Crippen LogP contribution >= 0.6 is 0 Å². The summed E-state index contributed by atoms with van der Waals surface area (Å²) in [7, 11) is 0. The summed E-state index contributed by atoms with van der Waals surface area (Å²) in [5.74, 6) is 0.0454. The molecule has 1 saturated carbocycles. The van der Waals surface area contributed by atoms with Crippen LogP contribution in [-0.2, 0) is 4.79 Å². The third-order valence-corrected chi connectivity index (χ3v) is 3.45. The maximum atomic E-state index is 12.4. The van der Waals surface area contributed by atoms with Crippen LogP contribution in [0.1, 0.15) is 31.4 Å². The highest BCUT2D eigenvalue weighted by atomic mass is 16.3. The second kappa shape index (κ2) is 6.68. The van der Waals surface area contributed by atoms with Gasteiger partial charge in [-0.3, -0.25) is 9.69 Å². The number of benzene rings is 1. The van der Waals surface area contributed by atoms with Gasteiger partial charge in [0.15, 0.2) is 0 Å². The first kappa shape index (κ1) is 14.0. The molecule has 1 aromatic rings. The first-order valence-electron chi connectivity index (χ1n) is 6.96. The Morgan fingerprint density at radius 1 is 1.42 bits per heavy atom. The third kappa shape index (κ3) is 3.78. The summed E-state index contributed by atoms with van der Waals surface area (Å²) in [5, 5.41) is 12.2. The Balaban J connectivity index is 2.17. The lowest BCUT2D eigenvalue weighted by Crippen LogP contribution is -2.42. The van der Waals surface area contributed by atoms with Gasteiger partial charge in [-0.1, -0.05) is 37.3 Å². The number of nitrogens with one attached hydrogen (secondary N) is 1. The zero-order chi connectivity index (χ0) is 13.7. The zero-order valence-electron chi connectivity index (χ0n) is 11.4. The van der Waals surface area contributed by atoms with E-state index in [1.165, 1.54) is 0 Å². The number of hydrogen-bond acceptors (Lipinski definition) is 3. The summed E-state index contributed by atoms with van der Waals surface area (Å²) in [6.45, 7) is 3.32. The number of rotatable bonds is 7. The van der Waals surface area contributed by atoms with Crippen LogP contribution in [0.4, 0.5) is 0 Å². The number of hydrogen-bond donors (Lipinski definition) is 2. The van der Waals surface area contributed by atoms with Crippen molar-refractivity contribution in [2.75, 3.05) is 19.7 Å². The fourth-order valence-electron chi connectivity index (χ4n) is 2.27. The predicted molar refractivity (Wildman–Crippen MR) is 74.7 cm³/mol. The van der Waals surface area contributed by atoms with E-state index in [9.17, 15) is 4.79 Å². The monoisotopic (exact) mass is 262 g/mol. The highest BCUT2D eigenvalue weighted by molar-refractivity contribution is 5.83. The van der Waals surface area contributed by atoms with Gasteiger partial charge in [0.05, 0.1) is 6.61 Å². The van der Waals surface area contributed by atoms with Gasteiger partial charge in [0.1, 0.15) is 6.04 Å². The molecule has 1 atom stereocenters. The van der Waals surface area contributed by atoms with E-state index in [1.807, 2.05) is 42.2 Å². The molecule has 2 rings (SSSR count). The van der Waals surface area contributed by atoms with Crippen LogP contribution < -0.4 is 5.32 Å². The molecule has 1 aliphatic rings. The Bertz CT molecular complexity index is 404. The lowest BCUT2D eigenvalue weighted by molar-refractivity contribution is -0.127. The van der Waals surface area contributed by atoms with E-state index in [0.717, 1.165) is 24.9 Å². The molecular formula is C15H22N2O2. The second-order valence-corrected chi connectivity index (χ2v) is 4.95. The van der Waals surface area contributed by atoms with Gasteiger partial charge >= 0.3 is 0 Å². The minimum Gasteiger partial charge on any atom is -0.395 e. The molecular weight excluding hydrogens is 240 g/mol. The molecule has 0 saturated heterocycles. The van der Waals surface area contributed by atoms with Crippen molar-refractivity contribution in [3.8, 4) is 0 Å². The number of carbonyl (C=O) groups is 1. The van der Waals surface area contributed by atoms with Crippen molar-refractivity contribution in [3.05, 3.63) is 35.9 Å². The third-order valence-electron chi connectivity index (χ3n) is 3.45. The Labute approximate surface area is 114 Å². The standard InChI is InChI=1S/C15H22N2O2/c1-2-17(10-11-18)14(12-6-4-3-5-7-12)15(19)16-13-8-9-13/h3-7,13-14,18H,2,8-11H2,1H3,(H,16,19). The van der Waals surface area contributed by atoms with Crippen LogP contribution in [0, 0.1) is 0 Å². The van der Waals surface area contributed by atoms with Gasteiger partial charge < -0.3 is 10.4 Å². The smallest absolute Gasteiger partial charge is 0.242 e. The molecule has 1 aromatic carbocycles. The van der Waals surface area contributed by atoms with Crippen LogP contribution in [0.25, 0.3) is 0 Å². The topological polar surface area (TPSA) is 52.6 Å². The summed E-state index contributed by atoms with van der Waals surface area (Å²) >= 11 is 0. The normalized spacial score (nSPS) is 16.4. The molecule has 0 aliphatic heterocycles. The van der Waals surface area contributed by atoms with E-state index < -0.39 is 0 Å². The van der Waals surface area contributed by atoms with Crippen molar-refractivity contribution in [3.63, 3.8) is 0 Å². The first-order chi connectivity index (χ1) is 9.26. The van der Waals surface area contributed by atoms with E-state index >= 15 is 0 Å². The molecule has 1 amide bonds. The summed E-state index contributed by atoms with van der Waals surface area (Å²) in [6, 6.07) is 9.82. The molecule has 1 unspecified atom stereocenters. The molecule has 0 spiro atoms. The van der Waals surface area contributed by atoms with Crippen molar-refractivity contribution < 1.29 is 9.90 Å². The van der Waals surface area contributed by atoms with Crippen molar-refractivity contribution in [1.29, 1.82) is 0 Å². The highest BCUT2D eigenvalue weighted by Crippen LogP contribution is 2.24. The number of likely N-dealkylation sites (N-methyl/N-ethyl adjacent to an activating group) is 1. The average Bonchev–Trinajstić information content (AvgIpc) is 3.23. The van der Waals surface area contributed by atoms with Gasteiger partial charge in [-0.25, -0.2) is 0 Å². The molecule has 4 heteroatoms. The Morgan fingerprint density at radius 2 is 2.11 bits per heavy atom. The predicted octanol–water partition coefficient (Wildman–Crippen LogP) is 1.32. The van der Waals surface area contributed by atoms with Gasteiger partial charge in [-0.2, -0.15) is 0 Å². The van der Waals surface area contributed by atoms with E-state index in [-0.39, 0.29) is 18.6 Å². The van der Waals surface area contributed by atoms with Crippen LogP contribution in [0.5, 0.6) is 0 Å². The van der Waals surface area contributed by atoms with Gasteiger partial charge in [0.25, 0.3) is 0 Å². The van der Waals surface area contributed by atoms with Crippen molar-refractivity contribution in [2.45, 2.75) is 31.8 Å². The SMILES string of the molecule is CCN(CCO)C(C(=O)NC1CC1)c1ccccc1. The summed E-state index contributed by atoms with van der Waals surface area (Å²) in [6.07, 6.45) is 2.17. The van der Waals surface area contributed by atoms with Crippen LogP contribution in [-0.4, -0.2) is 41.7 Å². The van der Waals surface area contributed by atoms with Crippen molar-refractivity contribution in [1.82, 2.24) is 10.2 Å². The van der Waals surface area contributed by atoms with E-state index in [1.54, 1.807) is 0 Å². The summed E-state index contributed by atoms with van der Waals surface area (Å²) < 4.78 is 0. The molecule has 0 aromatic heterocycles. The van der Waals surface area contributed by atoms with E-state index in [2.05, 4.69) is 5.32 Å². The zero-order valence-corrected chi connectivity index (χ0v) is 11.4. The number of aliphatic hydroxyl groups is 1. The average molecular weight is 262 g/mol. The highest BCUT2D eigenvalue weighted by Gasteiger charge is 2.31. The molecule has 0 heterocycles. The number of amides is 1. The molecule has 0 bridgehead atoms.